The molecule has 1 unspecified atom stereocenters. The number of nitrogens with zero attached hydrogens (tertiary/aromatic N) is 3. The number of piperazine rings is 1. The maximum Gasteiger partial charge on any atom is 0.257 e. The first-order valence-electron chi connectivity index (χ1n) is 7.80. The molecule has 1 N–H and O–H groups in total. The molecule has 2 rings (SSSR count). The Morgan fingerprint density at radius 3 is 2.81 bits per heavy atom. The van der Waals surface area contributed by atoms with Crippen molar-refractivity contribution in [2.45, 2.75) is 33.7 Å². The normalized spacial score (nSPS) is 19.6. The molecular formula is C16H26N4O. The lowest BCUT2D eigenvalue weighted by molar-refractivity contribution is 0.0529. The highest BCUT2D eigenvalue weighted by atomic mass is 16.2. The van der Waals surface area contributed by atoms with Gasteiger partial charge in [0.05, 0.1) is 11.3 Å². The van der Waals surface area contributed by atoms with Gasteiger partial charge in [0.2, 0.25) is 0 Å². The van der Waals surface area contributed by atoms with Crippen molar-refractivity contribution >= 4 is 11.6 Å². The van der Waals surface area contributed by atoms with Crippen LogP contribution in [0.1, 0.15) is 36.8 Å². The zero-order valence-corrected chi connectivity index (χ0v) is 13.5. The predicted octanol–water partition coefficient (Wildman–Crippen LogP) is 1.99. The zero-order chi connectivity index (χ0) is 15.4. The number of rotatable bonds is 4. The molecule has 5 nitrogen and oxygen atoms in total. The molecule has 1 fully saturated rings. The Labute approximate surface area is 127 Å². The minimum atomic E-state index is 0.0843. The Hall–Kier alpha value is -1.62. The minimum absolute atomic E-state index is 0.0843. The summed E-state index contributed by atoms with van der Waals surface area (Å²) >= 11 is 0. The Kier molecular flexibility index (Phi) is 5.17. The van der Waals surface area contributed by atoms with Crippen LogP contribution in [0.4, 0.5) is 5.69 Å². The Bertz CT molecular complexity index is 503. The average molecular weight is 290 g/mol. The first kappa shape index (κ1) is 15.8. The molecule has 5 heteroatoms. The number of hydrogen-bond donors (Lipinski definition) is 1. The third kappa shape index (κ3) is 3.53. The van der Waals surface area contributed by atoms with E-state index in [4.69, 9.17) is 0 Å². The summed E-state index contributed by atoms with van der Waals surface area (Å²) in [6.07, 6.45) is 1.70. The fraction of sp³-hybridized carbons (Fsp3) is 0.625. The van der Waals surface area contributed by atoms with Crippen molar-refractivity contribution in [3.8, 4) is 0 Å². The van der Waals surface area contributed by atoms with E-state index in [2.05, 4.69) is 29.0 Å². The van der Waals surface area contributed by atoms with Gasteiger partial charge in [0.1, 0.15) is 0 Å². The van der Waals surface area contributed by atoms with Gasteiger partial charge in [-0.1, -0.05) is 6.92 Å². The molecule has 1 aromatic rings. The molecule has 0 saturated carbocycles. The van der Waals surface area contributed by atoms with Crippen molar-refractivity contribution in [1.29, 1.82) is 0 Å². The van der Waals surface area contributed by atoms with Crippen LogP contribution in [0.5, 0.6) is 0 Å². The smallest absolute Gasteiger partial charge is 0.257 e. The molecule has 0 radical (unpaired) electrons. The third-order valence-corrected chi connectivity index (χ3v) is 4.10. The lowest BCUT2D eigenvalue weighted by Gasteiger charge is -2.39. The second-order valence-electron chi connectivity index (χ2n) is 5.63. The van der Waals surface area contributed by atoms with Gasteiger partial charge in [-0.05, 0) is 33.4 Å². The molecule has 1 saturated heterocycles. The molecule has 0 aliphatic carbocycles. The maximum absolute atomic E-state index is 12.8. The molecule has 0 aromatic carbocycles. The van der Waals surface area contributed by atoms with Crippen molar-refractivity contribution in [2.24, 2.45) is 0 Å². The van der Waals surface area contributed by atoms with Crippen LogP contribution in [-0.4, -0.2) is 59.5 Å². The Balaban J connectivity index is 2.17. The van der Waals surface area contributed by atoms with Gasteiger partial charge in [-0.2, -0.15) is 0 Å². The van der Waals surface area contributed by atoms with Crippen LogP contribution in [0.3, 0.4) is 0 Å². The molecule has 1 atom stereocenters. The fourth-order valence-electron chi connectivity index (χ4n) is 2.89. The summed E-state index contributed by atoms with van der Waals surface area (Å²) in [6, 6.07) is 2.36. The van der Waals surface area contributed by atoms with E-state index in [9.17, 15) is 4.79 Å². The number of aryl methyl sites for hydroxylation is 1. The van der Waals surface area contributed by atoms with Crippen molar-refractivity contribution < 1.29 is 4.79 Å². The van der Waals surface area contributed by atoms with Gasteiger partial charge in [0, 0.05) is 44.1 Å². The van der Waals surface area contributed by atoms with Crippen LogP contribution in [0, 0.1) is 6.92 Å². The number of likely N-dealkylation sites (N-methyl/N-ethyl adjacent to an activating group) is 1. The number of aromatic nitrogens is 1. The predicted molar refractivity (Wildman–Crippen MR) is 85.8 cm³/mol. The summed E-state index contributed by atoms with van der Waals surface area (Å²) in [5.74, 6) is 0.0843. The highest BCUT2D eigenvalue weighted by Crippen LogP contribution is 2.20. The van der Waals surface area contributed by atoms with Crippen LogP contribution in [0.15, 0.2) is 12.3 Å². The molecule has 1 amide bonds. The number of amides is 1. The van der Waals surface area contributed by atoms with E-state index < -0.39 is 0 Å². The summed E-state index contributed by atoms with van der Waals surface area (Å²) in [4.78, 5) is 21.4. The second kappa shape index (κ2) is 6.89. The molecule has 2 heterocycles. The topological polar surface area (TPSA) is 48.5 Å². The quantitative estimate of drug-likeness (QED) is 0.921. The van der Waals surface area contributed by atoms with Crippen LogP contribution in [0.2, 0.25) is 0 Å². The highest BCUT2D eigenvalue weighted by molar-refractivity contribution is 5.99. The monoisotopic (exact) mass is 290 g/mol. The second-order valence-corrected chi connectivity index (χ2v) is 5.63. The van der Waals surface area contributed by atoms with Gasteiger partial charge in [0.25, 0.3) is 5.91 Å². The third-order valence-electron chi connectivity index (χ3n) is 4.10. The molecule has 1 aromatic heterocycles. The van der Waals surface area contributed by atoms with E-state index in [1.165, 1.54) is 0 Å². The number of hydrogen-bond acceptors (Lipinski definition) is 4. The summed E-state index contributed by atoms with van der Waals surface area (Å²) in [5, 5.41) is 3.27. The molecule has 0 bridgehead atoms. The first-order valence-corrected chi connectivity index (χ1v) is 7.80. The van der Waals surface area contributed by atoms with Crippen molar-refractivity contribution in [3.05, 3.63) is 23.5 Å². The van der Waals surface area contributed by atoms with Crippen LogP contribution in [-0.2, 0) is 0 Å². The highest BCUT2D eigenvalue weighted by Gasteiger charge is 2.27. The minimum Gasteiger partial charge on any atom is -0.385 e. The molecule has 0 spiro atoms. The van der Waals surface area contributed by atoms with Crippen LogP contribution in [0.25, 0.3) is 0 Å². The largest absolute Gasteiger partial charge is 0.385 e. The van der Waals surface area contributed by atoms with Gasteiger partial charge in [-0.15, -0.1) is 0 Å². The SMILES string of the molecule is CCNc1cc(C)ncc1C(=O)N1CCN(CC)C(C)C1. The van der Waals surface area contributed by atoms with Gasteiger partial charge in [-0.25, -0.2) is 0 Å². The van der Waals surface area contributed by atoms with Crippen LogP contribution < -0.4 is 5.32 Å². The molecular weight excluding hydrogens is 264 g/mol. The summed E-state index contributed by atoms with van der Waals surface area (Å²) in [7, 11) is 0. The van der Waals surface area contributed by atoms with E-state index in [0.29, 0.717) is 11.6 Å². The molecule has 21 heavy (non-hydrogen) atoms. The van der Waals surface area contributed by atoms with E-state index in [1.54, 1.807) is 6.20 Å². The number of pyridine rings is 1. The summed E-state index contributed by atoms with van der Waals surface area (Å²) < 4.78 is 0. The van der Waals surface area contributed by atoms with Crippen molar-refractivity contribution in [1.82, 2.24) is 14.8 Å². The van der Waals surface area contributed by atoms with E-state index >= 15 is 0 Å². The lowest BCUT2D eigenvalue weighted by Crippen LogP contribution is -2.53. The van der Waals surface area contributed by atoms with Gasteiger partial charge < -0.3 is 10.2 Å². The maximum atomic E-state index is 12.8. The Morgan fingerprint density at radius 1 is 1.43 bits per heavy atom. The average Bonchev–Trinajstić information content (AvgIpc) is 2.47. The summed E-state index contributed by atoms with van der Waals surface area (Å²) in [6.45, 7) is 12.7. The number of carbonyl (C=O) groups is 1. The molecule has 1 aliphatic heterocycles. The fourth-order valence-corrected chi connectivity index (χ4v) is 2.89. The lowest BCUT2D eigenvalue weighted by atomic mass is 10.1. The van der Waals surface area contributed by atoms with Gasteiger partial charge >= 0.3 is 0 Å². The molecule has 1 aliphatic rings. The number of carbonyl (C=O) groups excluding carboxylic acids is 1. The van der Waals surface area contributed by atoms with Gasteiger partial charge in [0.15, 0.2) is 0 Å². The van der Waals surface area contributed by atoms with E-state index in [1.807, 2.05) is 24.8 Å². The number of anilines is 1. The number of nitrogens with one attached hydrogen (secondary N) is 1. The van der Waals surface area contributed by atoms with Crippen LogP contribution >= 0.6 is 0 Å². The van der Waals surface area contributed by atoms with Crippen molar-refractivity contribution in [2.75, 3.05) is 38.0 Å². The Morgan fingerprint density at radius 2 is 2.19 bits per heavy atom. The van der Waals surface area contributed by atoms with Crippen molar-refractivity contribution in [3.63, 3.8) is 0 Å². The van der Waals surface area contributed by atoms with E-state index in [-0.39, 0.29) is 5.91 Å². The van der Waals surface area contributed by atoms with Gasteiger partial charge in [-0.3, -0.25) is 14.7 Å². The standard InChI is InChI=1S/C16H26N4O/c1-5-17-15-9-12(3)18-10-14(15)16(21)20-8-7-19(6-2)13(4)11-20/h9-10,13H,5-8,11H2,1-4H3,(H,17,18). The summed E-state index contributed by atoms with van der Waals surface area (Å²) in [5.41, 5.74) is 2.49. The van der Waals surface area contributed by atoms with E-state index in [0.717, 1.165) is 44.1 Å². The zero-order valence-electron chi connectivity index (χ0n) is 13.5. The molecule has 116 valence electrons. The first-order chi connectivity index (χ1) is 10.1.